The van der Waals surface area contributed by atoms with Crippen LogP contribution in [0.1, 0.15) is 30.2 Å². The molecule has 0 saturated heterocycles. The van der Waals surface area contributed by atoms with Gasteiger partial charge in [-0.3, -0.25) is 13.9 Å². The van der Waals surface area contributed by atoms with Crippen LogP contribution in [0.5, 0.6) is 5.88 Å². The van der Waals surface area contributed by atoms with Gasteiger partial charge in [0.05, 0.1) is 0 Å². The minimum absolute atomic E-state index is 0.0212. The maximum Gasteiger partial charge on any atom is 0.271 e. The molecule has 0 fully saturated rings. The second kappa shape index (κ2) is 4.50. The zero-order valence-electron chi connectivity index (χ0n) is 9.84. The van der Waals surface area contributed by atoms with E-state index in [0.717, 1.165) is 4.57 Å². The third-order valence-electron chi connectivity index (χ3n) is 2.69. The molecule has 0 saturated carbocycles. The molecule has 0 aliphatic carbocycles. The molecule has 1 aromatic rings. The number of nitrogens with zero attached hydrogens (tertiary/aromatic N) is 1. The van der Waals surface area contributed by atoms with E-state index >= 15 is 0 Å². The Kier molecular flexibility index (Phi) is 3.63. The minimum atomic E-state index is -4.33. The Balaban J connectivity index is 3.61. The summed E-state index contributed by atoms with van der Waals surface area (Å²) in [4.78, 5) is 12.0. The lowest BCUT2D eigenvalue weighted by molar-refractivity contribution is 0.408. The molecule has 96 valence electrons. The molecular weight excluding hydrogens is 246 g/mol. The summed E-state index contributed by atoms with van der Waals surface area (Å²) in [6.45, 7) is 4.61. The van der Waals surface area contributed by atoms with Gasteiger partial charge in [0.2, 0.25) is 0 Å². The molecule has 1 rings (SSSR count). The van der Waals surface area contributed by atoms with E-state index in [-0.39, 0.29) is 18.0 Å². The van der Waals surface area contributed by atoms with Crippen LogP contribution in [0.3, 0.4) is 0 Å². The maximum atomic E-state index is 12.0. The summed E-state index contributed by atoms with van der Waals surface area (Å²) in [5.74, 6) is -0.221. The van der Waals surface area contributed by atoms with E-state index in [2.05, 4.69) is 0 Å². The van der Waals surface area contributed by atoms with Crippen molar-refractivity contribution >= 4 is 10.1 Å². The van der Waals surface area contributed by atoms with Crippen molar-refractivity contribution in [1.82, 2.24) is 4.57 Å². The monoisotopic (exact) mass is 261 g/mol. The molecule has 0 aliphatic rings. The van der Waals surface area contributed by atoms with Crippen molar-refractivity contribution in [3.05, 3.63) is 27.5 Å². The Morgan fingerprint density at radius 2 is 2.00 bits per heavy atom. The van der Waals surface area contributed by atoms with E-state index in [4.69, 9.17) is 4.55 Å². The number of aryl methyl sites for hydroxylation is 1. The van der Waals surface area contributed by atoms with Gasteiger partial charge in [0.25, 0.3) is 15.7 Å². The number of aromatic nitrogens is 1. The Morgan fingerprint density at radius 3 is 2.41 bits per heavy atom. The molecule has 0 amide bonds. The summed E-state index contributed by atoms with van der Waals surface area (Å²) in [7, 11) is -4.33. The lowest BCUT2D eigenvalue weighted by Crippen LogP contribution is -2.27. The summed E-state index contributed by atoms with van der Waals surface area (Å²) in [5, 5.41) is 8.22. The fourth-order valence-electron chi connectivity index (χ4n) is 1.72. The van der Waals surface area contributed by atoms with Gasteiger partial charge in [-0.05, 0) is 26.3 Å². The SMILES string of the molecule is CCn1c(O)cc(C)c(C(C)S(=O)(=O)O)c1=O. The van der Waals surface area contributed by atoms with Crippen LogP contribution in [0.4, 0.5) is 0 Å². The van der Waals surface area contributed by atoms with Gasteiger partial charge in [-0.15, -0.1) is 0 Å². The molecule has 1 atom stereocenters. The van der Waals surface area contributed by atoms with Crippen molar-refractivity contribution in [2.75, 3.05) is 0 Å². The van der Waals surface area contributed by atoms with Gasteiger partial charge in [0.1, 0.15) is 5.25 Å². The van der Waals surface area contributed by atoms with Crippen LogP contribution in [0.15, 0.2) is 10.9 Å². The van der Waals surface area contributed by atoms with Crippen LogP contribution in [0, 0.1) is 6.92 Å². The Bertz CT molecular complexity index is 587. The average molecular weight is 261 g/mol. The minimum Gasteiger partial charge on any atom is -0.494 e. The number of hydrogen-bond donors (Lipinski definition) is 2. The van der Waals surface area contributed by atoms with Crippen LogP contribution >= 0.6 is 0 Å². The van der Waals surface area contributed by atoms with Gasteiger partial charge in [0, 0.05) is 18.2 Å². The number of rotatable bonds is 3. The molecule has 0 spiro atoms. The normalized spacial score (nSPS) is 13.6. The molecule has 6 nitrogen and oxygen atoms in total. The van der Waals surface area contributed by atoms with E-state index in [1.54, 1.807) is 6.92 Å². The smallest absolute Gasteiger partial charge is 0.271 e. The molecule has 0 aromatic carbocycles. The molecule has 2 N–H and O–H groups in total. The Labute approximate surface area is 99.3 Å². The zero-order valence-corrected chi connectivity index (χ0v) is 10.7. The van der Waals surface area contributed by atoms with Crippen molar-refractivity contribution < 1.29 is 18.1 Å². The van der Waals surface area contributed by atoms with Crippen molar-refractivity contribution in [3.8, 4) is 5.88 Å². The van der Waals surface area contributed by atoms with Gasteiger partial charge in [-0.1, -0.05) is 0 Å². The number of pyridine rings is 1. The quantitative estimate of drug-likeness (QED) is 0.785. The highest BCUT2D eigenvalue weighted by molar-refractivity contribution is 7.86. The standard InChI is InChI=1S/C10H15NO5S/c1-4-11-8(12)5-6(2)9(10(11)13)7(3)17(14,15)16/h5,7,12H,4H2,1-3H3,(H,14,15,16). The van der Waals surface area contributed by atoms with E-state index in [9.17, 15) is 18.3 Å². The first-order valence-corrected chi connectivity index (χ1v) is 6.60. The second-order valence-electron chi connectivity index (χ2n) is 3.81. The van der Waals surface area contributed by atoms with Crippen LogP contribution in [0.2, 0.25) is 0 Å². The van der Waals surface area contributed by atoms with E-state index < -0.39 is 20.9 Å². The highest BCUT2D eigenvalue weighted by Gasteiger charge is 2.26. The van der Waals surface area contributed by atoms with Crippen molar-refractivity contribution in [1.29, 1.82) is 0 Å². The summed E-state index contributed by atoms with van der Waals surface area (Å²) in [5.41, 5.74) is -0.287. The average Bonchev–Trinajstić information content (AvgIpc) is 2.15. The molecule has 1 heterocycles. The molecule has 0 aliphatic heterocycles. The van der Waals surface area contributed by atoms with Crippen molar-refractivity contribution in [2.45, 2.75) is 32.6 Å². The van der Waals surface area contributed by atoms with Gasteiger partial charge in [-0.25, -0.2) is 0 Å². The molecule has 7 heteroatoms. The van der Waals surface area contributed by atoms with Gasteiger partial charge < -0.3 is 5.11 Å². The first-order valence-electron chi connectivity index (χ1n) is 5.09. The van der Waals surface area contributed by atoms with E-state index in [1.165, 1.54) is 19.9 Å². The number of aromatic hydroxyl groups is 1. The second-order valence-corrected chi connectivity index (χ2v) is 5.54. The van der Waals surface area contributed by atoms with Crippen LogP contribution < -0.4 is 5.56 Å². The highest BCUT2D eigenvalue weighted by atomic mass is 32.2. The first kappa shape index (κ1) is 13.7. The summed E-state index contributed by atoms with van der Waals surface area (Å²) < 4.78 is 32.2. The summed E-state index contributed by atoms with van der Waals surface area (Å²) >= 11 is 0. The van der Waals surface area contributed by atoms with Gasteiger partial charge in [-0.2, -0.15) is 8.42 Å². The Morgan fingerprint density at radius 1 is 1.47 bits per heavy atom. The third-order valence-corrected chi connectivity index (χ3v) is 3.82. The summed E-state index contributed by atoms with van der Waals surface area (Å²) in [6.07, 6.45) is 0. The molecular formula is C10H15NO5S. The fraction of sp³-hybridized carbons (Fsp3) is 0.500. The third kappa shape index (κ3) is 2.50. The number of hydrogen-bond acceptors (Lipinski definition) is 4. The predicted molar refractivity (Wildman–Crippen MR) is 62.7 cm³/mol. The molecule has 0 bridgehead atoms. The van der Waals surface area contributed by atoms with Gasteiger partial charge >= 0.3 is 0 Å². The van der Waals surface area contributed by atoms with Crippen LogP contribution in [-0.2, 0) is 16.7 Å². The van der Waals surface area contributed by atoms with E-state index in [0.29, 0.717) is 5.56 Å². The topological polar surface area (TPSA) is 96.6 Å². The Hall–Kier alpha value is -1.34. The van der Waals surface area contributed by atoms with Gasteiger partial charge in [0.15, 0.2) is 5.88 Å². The largest absolute Gasteiger partial charge is 0.494 e. The zero-order chi connectivity index (χ0) is 13.4. The lowest BCUT2D eigenvalue weighted by Gasteiger charge is -2.14. The van der Waals surface area contributed by atoms with Crippen LogP contribution in [0.25, 0.3) is 0 Å². The van der Waals surface area contributed by atoms with Crippen molar-refractivity contribution in [3.63, 3.8) is 0 Å². The predicted octanol–water partition coefficient (Wildman–Crippen LogP) is 0.831. The van der Waals surface area contributed by atoms with Crippen molar-refractivity contribution in [2.24, 2.45) is 0 Å². The molecule has 1 aromatic heterocycles. The lowest BCUT2D eigenvalue weighted by atomic mass is 10.1. The fourth-order valence-corrected chi connectivity index (χ4v) is 2.30. The highest BCUT2D eigenvalue weighted by Crippen LogP contribution is 2.23. The summed E-state index contributed by atoms with van der Waals surface area (Å²) in [6, 6.07) is 1.31. The first-order chi connectivity index (χ1) is 7.70. The molecule has 1 unspecified atom stereocenters. The molecule has 0 radical (unpaired) electrons. The maximum absolute atomic E-state index is 12.0. The van der Waals surface area contributed by atoms with Crippen LogP contribution in [-0.4, -0.2) is 22.6 Å². The van der Waals surface area contributed by atoms with E-state index in [1.807, 2.05) is 0 Å². The molecule has 17 heavy (non-hydrogen) atoms.